The summed E-state index contributed by atoms with van der Waals surface area (Å²) in [5.74, 6) is 5.20. The van der Waals surface area contributed by atoms with E-state index in [-0.39, 0.29) is 11.3 Å². The number of carbonyl (C=O) groups excluding carboxylic acids is 1. The van der Waals surface area contributed by atoms with Crippen molar-refractivity contribution in [1.82, 2.24) is 0 Å². The Morgan fingerprint density at radius 1 is 0.759 bits per heavy atom. The van der Waals surface area contributed by atoms with Crippen molar-refractivity contribution in [2.24, 2.45) is 0 Å². The highest BCUT2D eigenvalue weighted by molar-refractivity contribution is 5.92. The lowest BCUT2D eigenvalue weighted by molar-refractivity contribution is -0.394. The van der Waals surface area contributed by atoms with E-state index in [1.807, 2.05) is 30.3 Å². The fraction of sp³-hybridized carbons (Fsp3) is 0. The first-order valence-electron chi connectivity index (χ1n) is 8.25. The van der Waals surface area contributed by atoms with Crippen LogP contribution in [0.5, 0.6) is 5.75 Å². The lowest BCUT2D eigenvalue weighted by Crippen LogP contribution is -2.09. The molecule has 0 spiro atoms. The third-order valence-corrected chi connectivity index (χ3v) is 3.75. The molecule has 0 saturated heterocycles. The van der Waals surface area contributed by atoms with Crippen LogP contribution in [0.4, 0.5) is 11.4 Å². The summed E-state index contributed by atoms with van der Waals surface area (Å²) in [6.07, 6.45) is 0. The summed E-state index contributed by atoms with van der Waals surface area (Å²) in [6, 6.07) is 18.4. The molecule has 0 bridgehead atoms. The van der Waals surface area contributed by atoms with E-state index in [1.165, 1.54) is 12.1 Å². The smallest absolute Gasteiger partial charge is 0.344 e. The largest absolute Gasteiger partial charge is 0.423 e. The molecule has 0 aliphatic rings. The maximum Gasteiger partial charge on any atom is 0.344 e. The van der Waals surface area contributed by atoms with Gasteiger partial charge in [0.1, 0.15) is 5.75 Å². The van der Waals surface area contributed by atoms with Gasteiger partial charge in [-0.2, -0.15) is 0 Å². The quantitative estimate of drug-likeness (QED) is 0.218. The average molecular weight is 388 g/mol. The normalized spacial score (nSPS) is 9.79. The number of nitro groups is 2. The molecule has 0 saturated carbocycles. The predicted molar refractivity (Wildman–Crippen MR) is 104 cm³/mol. The van der Waals surface area contributed by atoms with Gasteiger partial charge < -0.3 is 4.74 Å². The fourth-order valence-corrected chi connectivity index (χ4v) is 2.36. The van der Waals surface area contributed by atoms with Gasteiger partial charge in [0, 0.05) is 23.3 Å². The first-order valence-corrected chi connectivity index (χ1v) is 8.25. The first-order chi connectivity index (χ1) is 13.9. The van der Waals surface area contributed by atoms with Gasteiger partial charge in [0.05, 0.1) is 21.5 Å². The number of esters is 1. The Labute approximate surface area is 164 Å². The Hall–Kier alpha value is -4.51. The maximum atomic E-state index is 12.3. The second-order valence-electron chi connectivity index (χ2n) is 5.78. The van der Waals surface area contributed by atoms with Crippen molar-refractivity contribution in [3.05, 3.63) is 110 Å². The van der Waals surface area contributed by atoms with Gasteiger partial charge in [0.2, 0.25) is 0 Å². The highest BCUT2D eigenvalue weighted by Gasteiger charge is 2.21. The molecule has 0 aliphatic carbocycles. The number of non-ortho nitro benzene ring substituents is 2. The predicted octanol–water partition coefficient (Wildman–Crippen LogP) is 4.12. The minimum Gasteiger partial charge on any atom is -0.423 e. The minimum atomic E-state index is -0.945. The summed E-state index contributed by atoms with van der Waals surface area (Å²) in [5, 5.41) is 21.9. The van der Waals surface area contributed by atoms with Crippen LogP contribution in [0.15, 0.2) is 72.8 Å². The molecule has 0 unspecified atom stereocenters. The summed E-state index contributed by atoms with van der Waals surface area (Å²) in [5.41, 5.74) is 0.115. The van der Waals surface area contributed by atoms with Crippen molar-refractivity contribution in [3.63, 3.8) is 0 Å². The highest BCUT2D eigenvalue weighted by atomic mass is 16.6. The third kappa shape index (κ3) is 5.02. The standard InChI is InChI=1S/C21H12N2O6/c24-21(17-12-18(22(25)26)14-19(13-17)23(27)28)29-20-10-8-16(9-11-20)7-6-15-4-2-1-3-5-15/h1-5,8-14H. The molecule has 3 rings (SSSR count). The van der Waals surface area contributed by atoms with Gasteiger partial charge >= 0.3 is 5.97 Å². The van der Waals surface area contributed by atoms with E-state index < -0.39 is 27.2 Å². The van der Waals surface area contributed by atoms with Crippen molar-refractivity contribution >= 4 is 17.3 Å². The summed E-state index contributed by atoms with van der Waals surface area (Å²) < 4.78 is 5.16. The van der Waals surface area contributed by atoms with Crippen LogP contribution in [-0.4, -0.2) is 15.8 Å². The molecule has 0 aromatic heterocycles. The number of hydrogen-bond acceptors (Lipinski definition) is 6. The lowest BCUT2D eigenvalue weighted by Gasteiger charge is -2.04. The van der Waals surface area contributed by atoms with Crippen molar-refractivity contribution < 1.29 is 19.4 Å². The van der Waals surface area contributed by atoms with E-state index in [4.69, 9.17) is 4.74 Å². The molecule has 0 radical (unpaired) electrons. The van der Waals surface area contributed by atoms with E-state index in [2.05, 4.69) is 11.8 Å². The maximum absolute atomic E-state index is 12.3. The number of ether oxygens (including phenoxy) is 1. The van der Waals surface area contributed by atoms with E-state index in [0.29, 0.717) is 5.56 Å². The van der Waals surface area contributed by atoms with Gasteiger partial charge in [-0.15, -0.1) is 0 Å². The van der Waals surface area contributed by atoms with Crippen LogP contribution in [0.1, 0.15) is 21.5 Å². The molecule has 0 atom stereocenters. The number of nitrogens with zero attached hydrogens (tertiary/aromatic N) is 2. The molecular weight excluding hydrogens is 376 g/mol. The van der Waals surface area contributed by atoms with Gasteiger partial charge in [-0.05, 0) is 36.4 Å². The van der Waals surface area contributed by atoms with Crippen LogP contribution >= 0.6 is 0 Å². The Bertz CT molecular complexity index is 1110. The lowest BCUT2D eigenvalue weighted by atomic mass is 10.1. The second kappa shape index (κ2) is 8.45. The molecule has 0 amide bonds. The van der Waals surface area contributed by atoms with Crippen LogP contribution < -0.4 is 4.74 Å². The van der Waals surface area contributed by atoms with Crippen LogP contribution in [-0.2, 0) is 0 Å². The van der Waals surface area contributed by atoms with Gasteiger partial charge in [0.25, 0.3) is 11.4 Å². The zero-order valence-electron chi connectivity index (χ0n) is 14.8. The van der Waals surface area contributed by atoms with Gasteiger partial charge in [-0.1, -0.05) is 30.0 Å². The number of hydrogen-bond donors (Lipinski definition) is 0. The Morgan fingerprint density at radius 2 is 1.28 bits per heavy atom. The van der Waals surface area contributed by atoms with Crippen molar-refractivity contribution in [2.45, 2.75) is 0 Å². The monoisotopic (exact) mass is 388 g/mol. The van der Waals surface area contributed by atoms with Crippen molar-refractivity contribution in [3.8, 4) is 17.6 Å². The summed E-state index contributed by atoms with van der Waals surface area (Å²) in [6.45, 7) is 0. The number of rotatable bonds is 4. The molecule has 8 heteroatoms. The van der Waals surface area contributed by atoms with E-state index in [9.17, 15) is 25.0 Å². The van der Waals surface area contributed by atoms with E-state index >= 15 is 0 Å². The minimum absolute atomic E-state index is 0.175. The van der Waals surface area contributed by atoms with Crippen molar-refractivity contribution in [2.75, 3.05) is 0 Å². The van der Waals surface area contributed by atoms with E-state index in [1.54, 1.807) is 12.1 Å². The molecule has 142 valence electrons. The molecule has 0 aliphatic heterocycles. The molecule has 0 heterocycles. The van der Waals surface area contributed by atoms with Crippen LogP contribution in [0, 0.1) is 32.1 Å². The number of carbonyl (C=O) groups is 1. The third-order valence-electron chi connectivity index (χ3n) is 3.75. The van der Waals surface area contributed by atoms with Crippen molar-refractivity contribution in [1.29, 1.82) is 0 Å². The SMILES string of the molecule is O=C(Oc1ccc(C#Cc2ccccc2)cc1)c1cc([N+](=O)[O-])cc([N+](=O)[O-])c1. The highest BCUT2D eigenvalue weighted by Crippen LogP contribution is 2.24. The van der Waals surface area contributed by atoms with Gasteiger partial charge in [-0.3, -0.25) is 20.2 Å². The van der Waals surface area contributed by atoms with Crippen LogP contribution in [0.2, 0.25) is 0 Å². The fourth-order valence-electron chi connectivity index (χ4n) is 2.36. The zero-order chi connectivity index (χ0) is 20.8. The van der Waals surface area contributed by atoms with Crippen LogP contribution in [0.25, 0.3) is 0 Å². The molecule has 0 fully saturated rings. The number of benzene rings is 3. The topological polar surface area (TPSA) is 113 Å². The molecule has 0 N–H and O–H groups in total. The van der Waals surface area contributed by atoms with Gasteiger partial charge in [-0.25, -0.2) is 4.79 Å². The first kappa shape index (κ1) is 19.3. The Morgan fingerprint density at radius 3 is 1.79 bits per heavy atom. The summed E-state index contributed by atoms with van der Waals surface area (Å²) in [7, 11) is 0. The van der Waals surface area contributed by atoms with Gasteiger partial charge in [0.15, 0.2) is 0 Å². The molecule has 8 nitrogen and oxygen atoms in total. The average Bonchev–Trinajstić information content (AvgIpc) is 2.73. The summed E-state index contributed by atoms with van der Waals surface area (Å²) in [4.78, 5) is 32.5. The zero-order valence-corrected chi connectivity index (χ0v) is 14.8. The Kier molecular flexibility index (Phi) is 5.61. The number of nitro benzene ring substituents is 2. The molecule has 3 aromatic rings. The Balaban J connectivity index is 1.77. The molecule has 29 heavy (non-hydrogen) atoms. The van der Waals surface area contributed by atoms with E-state index in [0.717, 1.165) is 23.8 Å². The molecule has 3 aromatic carbocycles. The second-order valence-corrected chi connectivity index (χ2v) is 5.78. The molecular formula is C21H12N2O6. The summed E-state index contributed by atoms with van der Waals surface area (Å²) >= 11 is 0. The van der Waals surface area contributed by atoms with Crippen LogP contribution in [0.3, 0.4) is 0 Å².